The van der Waals surface area contributed by atoms with E-state index < -0.39 is 5.82 Å². The molecule has 0 saturated carbocycles. The van der Waals surface area contributed by atoms with E-state index in [-0.39, 0.29) is 10.9 Å². The smallest absolute Gasteiger partial charge is 0.156 e. The third-order valence-electron chi connectivity index (χ3n) is 2.05. The van der Waals surface area contributed by atoms with Crippen molar-refractivity contribution in [3.63, 3.8) is 0 Å². The molecule has 0 radical (unpaired) electrons. The van der Waals surface area contributed by atoms with Crippen molar-refractivity contribution in [2.24, 2.45) is 0 Å². The summed E-state index contributed by atoms with van der Waals surface area (Å²) in [6.07, 6.45) is 1.20. The zero-order chi connectivity index (χ0) is 10.7. The molecule has 1 unspecified atom stereocenters. The van der Waals surface area contributed by atoms with E-state index in [4.69, 9.17) is 11.6 Å². The Morgan fingerprint density at radius 1 is 1.64 bits per heavy atom. The SMILES string of the molecule is CC(CC=O)c1ccc(Cl)c(F)c1Br. The zero-order valence-electron chi connectivity index (χ0n) is 7.56. The molecule has 0 saturated heterocycles. The molecular formula is C10H9BrClFO. The lowest BCUT2D eigenvalue weighted by atomic mass is 9.98. The molecular weight excluding hydrogens is 270 g/mol. The van der Waals surface area contributed by atoms with Crippen LogP contribution in [0.1, 0.15) is 24.8 Å². The van der Waals surface area contributed by atoms with Crippen LogP contribution in [0.2, 0.25) is 5.02 Å². The molecule has 1 rings (SSSR count). The van der Waals surface area contributed by atoms with Crippen molar-refractivity contribution in [2.75, 3.05) is 0 Å². The lowest BCUT2D eigenvalue weighted by Crippen LogP contribution is -1.97. The first-order valence-electron chi connectivity index (χ1n) is 4.15. The van der Waals surface area contributed by atoms with E-state index in [1.165, 1.54) is 6.07 Å². The van der Waals surface area contributed by atoms with Gasteiger partial charge in [0.05, 0.1) is 9.50 Å². The Bertz CT molecular complexity index is 354. The van der Waals surface area contributed by atoms with Crippen molar-refractivity contribution in [3.05, 3.63) is 33.0 Å². The van der Waals surface area contributed by atoms with Crippen LogP contribution in [0.4, 0.5) is 4.39 Å². The normalized spacial score (nSPS) is 12.6. The Morgan fingerprint density at radius 2 is 2.29 bits per heavy atom. The zero-order valence-corrected chi connectivity index (χ0v) is 9.90. The minimum atomic E-state index is -0.470. The van der Waals surface area contributed by atoms with Gasteiger partial charge in [-0.1, -0.05) is 24.6 Å². The molecule has 0 heterocycles. The average molecular weight is 280 g/mol. The number of hydrogen-bond donors (Lipinski definition) is 0. The summed E-state index contributed by atoms with van der Waals surface area (Å²) in [5.41, 5.74) is 0.763. The van der Waals surface area contributed by atoms with Crippen LogP contribution in [0.5, 0.6) is 0 Å². The maximum atomic E-state index is 13.3. The molecule has 1 nitrogen and oxygen atoms in total. The maximum absolute atomic E-state index is 13.3. The highest BCUT2D eigenvalue weighted by Crippen LogP contribution is 2.32. The number of carbonyl (C=O) groups is 1. The van der Waals surface area contributed by atoms with Gasteiger partial charge < -0.3 is 4.79 Å². The lowest BCUT2D eigenvalue weighted by molar-refractivity contribution is -0.108. The molecule has 0 amide bonds. The van der Waals surface area contributed by atoms with Gasteiger partial charge in [0.1, 0.15) is 6.29 Å². The first-order chi connectivity index (χ1) is 6.57. The lowest BCUT2D eigenvalue weighted by Gasteiger charge is -2.11. The Balaban J connectivity index is 3.10. The van der Waals surface area contributed by atoms with Crippen LogP contribution in [-0.2, 0) is 4.79 Å². The number of carbonyl (C=O) groups excluding carboxylic acids is 1. The summed E-state index contributed by atoms with van der Waals surface area (Å²) in [6, 6.07) is 3.22. The minimum absolute atomic E-state index is 0.00589. The quantitative estimate of drug-likeness (QED) is 0.605. The monoisotopic (exact) mass is 278 g/mol. The number of hydrogen-bond acceptors (Lipinski definition) is 1. The van der Waals surface area contributed by atoms with Crippen LogP contribution in [0.25, 0.3) is 0 Å². The number of benzene rings is 1. The van der Waals surface area contributed by atoms with Crippen LogP contribution in [0.3, 0.4) is 0 Å². The average Bonchev–Trinajstić information content (AvgIpc) is 2.15. The number of rotatable bonds is 3. The fourth-order valence-corrected chi connectivity index (χ4v) is 2.20. The van der Waals surface area contributed by atoms with Gasteiger partial charge in [0.15, 0.2) is 5.82 Å². The Hall–Kier alpha value is -0.410. The van der Waals surface area contributed by atoms with Crippen molar-refractivity contribution in [2.45, 2.75) is 19.3 Å². The predicted octanol–water partition coefficient (Wildman–Crippen LogP) is 3.93. The van der Waals surface area contributed by atoms with Gasteiger partial charge in [-0.15, -0.1) is 0 Å². The predicted molar refractivity (Wildman–Crippen MR) is 58.2 cm³/mol. The van der Waals surface area contributed by atoms with Gasteiger partial charge in [-0.2, -0.15) is 0 Å². The van der Waals surface area contributed by atoms with Gasteiger partial charge in [0.2, 0.25) is 0 Å². The van der Waals surface area contributed by atoms with Crippen LogP contribution in [-0.4, -0.2) is 6.29 Å². The second-order valence-electron chi connectivity index (χ2n) is 3.07. The fraction of sp³-hybridized carbons (Fsp3) is 0.300. The molecule has 0 aliphatic carbocycles. The second-order valence-corrected chi connectivity index (χ2v) is 4.27. The van der Waals surface area contributed by atoms with Crippen molar-refractivity contribution >= 4 is 33.8 Å². The molecule has 0 aliphatic heterocycles. The highest BCUT2D eigenvalue weighted by atomic mass is 79.9. The Morgan fingerprint density at radius 3 is 2.86 bits per heavy atom. The molecule has 76 valence electrons. The van der Waals surface area contributed by atoms with Crippen molar-refractivity contribution in [1.82, 2.24) is 0 Å². The first-order valence-corrected chi connectivity index (χ1v) is 5.32. The molecule has 0 fully saturated rings. The molecule has 14 heavy (non-hydrogen) atoms. The third kappa shape index (κ3) is 2.34. The fourth-order valence-electron chi connectivity index (χ4n) is 1.19. The topological polar surface area (TPSA) is 17.1 Å². The van der Waals surface area contributed by atoms with Crippen molar-refractivity contribution < 1.29 is 9.18 Å². The summed E-state index contributed by atoms with van der Waals surface area (Å²) in [7, 11) is 0. The van der Waals surface area contributed by atoms with Crippen molar-refractivity contribution in [3.8, 4) is 0 Å². The molecule has 4 heteroatoms. The van der Waals surface area contributed by atoms with E-state index in [0.29, 0.717) is 10.9 Å². The van der Waals surface area contributed by atoms with Crippen molar-refractivity contribution in [1.29, 1.82) is 0 Å². The van der Waals surface area contributed by atoms with Gasteiger partial charge in [0, 0.05) is 6.42 Å². The molecule has 0 bridgehead atoms. The summed E-state index contributed by atoms with van der Waals surface area (Å²) in [5.74, 6) is -0.476. The first kappa shape index (κ1) is 11.7. The largest absolute Gasteiger partial charge is 0.303 e. The highest BCUT2D eigenvalue weighted by molar-refractivity contribution is 9.10. The Kier molecular flexibility index (Phi) is 4.08. The molecule has 0 N–H and O–H groups in total. The summed E-state index contributed by atoms with van der Waals surface area (Å²) in [4.78, 5) is 10.3. The van der Waals surface area contributed by atoms with E-state index in [0.717, 1.165) is 11.8 Å². The standard InChI is InChI=1S/C10H9BrClFO/c1-6(4-5-14)7-2-3-8(12)10(13)9(7)11/h2-3,5-6H,4H2,1H3. The van der Waals surface area contributed by atoms with Gasteiger partial charge in [0.25, 0.3) is 0 Å². The van der Waals surface area contributed by atoms with E-state index in [9.17, 15) is 9.18 Å². The summed E-state index contributed by atoms with van der Waals surface area (Å²) >= 11 is 8.72. The molecule has 1 atom stereocenters. The molecule has 1 aromatic rings. The van der Waals surface area contributed by atoms with Crippen LogP contribution >= 0.6 is 27.5 Å². The number of halogens is 3. The van der Waals surface area contributed by atoms with Crippen LogP contribution < -0.4 is 0 Å². The van der Waals surface area contributed by atoms with E-state index in [1.807, 2.05) is 6.92 Å². The van der Waals surface area contributed by atoms with Crippen LogP contribution in [0.15, 0.2) is 16.6 Å². The third-order valence-corrected chi connectivity index (χ3v) is 3.14. The second kappa shape index (κ2) is 4.89. The molecule has 0 aromatic heterocycles. The van der Waals surface area contributed by atoms with E-state index >= 15 is 0 Å². The Labute approximate surface area is 95.4 Å². The summed E-state index contributed by atoms with van der Waals surface area (Å²) in [5, 5.41) is 0.0823. The van der Waals surface area contributed by atoms with E-state index in [2.05, 4.69) is 15.9 Å². The summed E-state index contributed by atoms with van der Waals surface area (Å²) in [6.45, 7) is 1.86. The molecule has 0 spiro atoms. The van der Waals surface area contributed by atoms with Gasteiger partial charge >= 0.3 is 0 Å². The van der Waals surface area contributed by atoms with Crippen LogP contribution in [0, 0.1) is 5.82 Å². The van der Waals surface area contributed by atoms with Gasteiger partial charge in [-0.25, -0.2) is 4.39 Å². The molecule has 0 aliphatic rings. The van der Waals surface area contributed by atoms with E-state index in [1.54, 1.807) is 6.07 Å². The number of aldehydes is 1. The highest BCUT2D eigenvalue weighted by Gasteiger charge is 2.14. The minimum Gasteiger partial charge on any atom is -0.303 e. The molecule has 1 aromatic carbocycles. The van der Waals surface area contributed by atoms with Gasteiger partial charge in [-0.3, -0.25) is 0 Å². The van der Waals surface area contributed by atoms with Gasteiger partial charge in [-0.05, 0) is 33.5 Å². The maximum Gasteiger partial charge on any atom is 0.156 e. The summed E-state index contributed by atoms with van der Waals surface area (Å²) < 4.78 is 13.7.